The lowest BCUT2D eigenvalue weighted by Gasteiger charge is -2.24. The van der Waals surface area contributed by atoms with E-state index < -0.39 is 0 Å². The van der Waals surface area contributed by atoms with E-state index in [-0.39, 0.29) is 11.9 Å². The number of methoxy groups -OCH3 is 1. The zero-order valence-electron chi connectivity index (χ0n) is 17.0. The lowest BCUT2D eigenvalue weighted by molar-refractivity contribution is 0.0918. The Labute approximate surface area is 171 Å². The number of amides is 1. The van der Waals surface area contributed by atoms with Gasteiger partial charge in [-0.1, -0.05) is 30.3 Å². The normalized spacial score (nSPS) is 15.9. The van der Waals surface area contributed by atoms with Crippen LogP contribution in [0.2, 0.25) is 0 Å². The van der Waals surface area contributed by atoms with Crippen molar-refractivity contribution in [2.45, 2.75) is 38.1 Å². The molecule has 0 saturated heterocycles. The molecule has 0 fully saturated rings. The van der Waals surface area contributed by atoms with E-state index in [9.17, 15) is 4.79 Å². The van der Waals surface area contributed by atoms with Gasteiger partial charge in [-0.15, -0.1) is 0 Å². The quantitative estimate of drug-likeness (QED) is 0.486. The Morgan fingerprint density at radius 3 is 2.76 bits per heavy atom. The molecule has 1 aromatic heterocycles. The molecule has 0 radical (unpaired) electrons. The van der Waals surface area contributed by atoms with E-state index >= 15 is 0 Å². The van der Waals surface area contributed by atoms with E-state index in [0.29, 0.717) is 5.69 Å². The third-order valence-corrected chi connectivity index (χ3v) is 5.69. The van der Waals surface area contributed by atoms with Gasteiger partial charge in [-0.05, 0) is 74.5 Å². The summed E-state index contributed by atoms with van der Waals surface area (Å²) in [6.07, 6.45) is 5.15. The van der Waals surface area contributed by atoms with Crippen LogP contribution < -0.4 is 15.4 Å². The van der Waals surface area contributed by atoms with Gasteiger partial charge < -0.3 is 20.4 Å². The number of aromatic nitrogens is 1. The van der Waals surface area contributed by atoms with Crippen molar-refractivity contribution in [3.63, 3.8) is 0 Å². The second-order valence-electron chi connectivity index (χ2n) is 7.75. The zero-order valence-corrected chi connectivity index (χ0v) is 17.0. The largest absolute Gasteiger partial charge is 0.497 e. The SMILES string of the molecule is COc1ccc2[nH]c3c(c2c1)CC(CCCNCCCc1ccccc1)NC3=O. The standard InChI is InChI=1S/C24H29N3O2/c1-29-19-11-12-22-20(16-19)21-15-18(26-24(28)23(21)27-22)10-6-14-25-13-5-9-17-7-3-2-4-8-17/h2-4,7-8,11-12,16,18,25,27H,5-6,9-10,13-15H2,1H3,(H,26,28). The van der Waals surface area contributed by atoms with Crippen molar-refractivity contribution in [2.24, 2.45) is 0 Å². The summed E-state index contributed by atoms with van der Waals surface area (Å²) in [5.74, 6) is 0.823. The number of ether oxygens (including phenoxy) is 1. The van der Waals surface area contributed by atoms with Crippen molar-refractivity contribution >= 4 is 16.8 Å². The van der Waals surface area contributed by atoms with Crippen molar-refractivity contribution in [2.75, 3.05) is 20.2 Å². The van der Waals surface area contributed by atoms with Crippen LogP contribution in [0.5, 0.6) is 5.75 Å². The minimum absolute atomic E-state index is 0.00207. The van der Waals surface area contributed by atoms with Crippen molar-refractivity contribution in [1.29, 1.82) is 0 Å². The smallest absolute Gasteiger partial charge is 0.268 e. The Morgan fingerprint density at radius 2 is 1.93 bits per heavy atom. The Bertz CT molecular complexity index is 965. The first-order valence-corrected chi connectivity index (χ1v) is 10.5. The third kappa shape index (κ3) is 4.62. The molecule has 0 spiro atoms. The van der Waals surface area contributed by atoms with Crippen LogP contribution in [-0.2, 0) is 12.8 Å². The third-order valence-electron chi connectivity index (χ3n) is 5.69. The Kier molecular flexibility index (Phi) is 6.15. The maximum absolute atomic E-state index is 12.5. The van der Waals surface area contributed by atoms with Gasteiger partial charge in [0.05, 0.1) is 7.11 Å². The molecule has 1 amide bonds. The van der Waals surface area contributed by atoms with Crippen molar-refractivity contribution in [1.82, 2.24) is 15.6 Å². The highest BCUT2D eigenvalue weighted by atomic mass is 16.5. The molecule has 0 bridgehead atoms. The van der Waals surface area contributed by atoms with Gasteiger partial charge >= 0.3 is 0 Å². The molecule has 152 valence electrons. The van der Waals surface area contributed by atoms with E-state index in [1.807, 2.05) is 18.2 Å². The fourth-order valence-electron chi connectivity index (χ4n) is 4.15. The summed E-state index contributed by atoms with van der Waals surface area (Å²) in [5.41, 5.74) is 4.20. The molecule has 2 aromatic carbocycles. The van der Waals surface area contributed by atoms with Gasteiger partial charge in [-0.25, -0.2) is 0 Å². The van der Waals surface area contributed by atoms with Gasteiger partial charge in [-0.3, -0.25) is 4.79 Å². The van der Waals surface area contributed by atoms with Crippen LogP contribution in [0, 0.1) is 0 Å². The molecular weight excluding hydrogens is 362 g/mol. The Hall–Kier alpha value is -2.79. The predicted octanol–water partition coefficient (Wildman–Crippen LogP) is 3.83. The van der Waals surface area contributed by atoms with Gasteiger partial charge in [0.2, 0.25) is 0 Å². The molecule has 0 aliphatic carbocycles. The molecule has 5 heteroatoms. The Balaban J connectivity index is 1.24. The van der Waals surface area contributed by atoms with E-state index in [1.165, 1.54) is 5.56 Å². The highest BCUT2D eigenvalue weighted by molar-refractivity contribution is 6.02. The highest BCUT2D eigenvalue weighted by Crippen LogP contribution is 2.30. The minimum Gasteiger partial charge on any atom is -0.497 e. The Morgan fingerprint density at radius 1 is 1.10 bits per heavy atom. The summed E-state index contributed by atoms with van der Waals surface area (Å²) in [6.45, 7) is 2.01. The van der Waals surface area contributed by atoms with Gasteiger partial charge in [0.25, 0.3) is 5.91 Å². The molecule has 4 rings (SSSR count). The topological polar surface area (TPSA) is 66.2 Å². The number of fused-ring (bicyclic) bond motifs is 3. The van der Waals surface area contributed by atoms with Crippen LogP contribution in [0.15, 0.2) is 48.5 Å². The number of hydrogen-bond donors (Lipinski definition) is 3. The molecule has 3 aromatic rings. The summed E-state index contributed by atoms with van der Waals surface area (Å²) >= 11 is 0. The van der Waals surface area contributed by atoms with E-state index in [1.54, 1.807) is 7.11 Å². The lowest BCUT2D eigenvalue weighted by atomic mass is 9.95. The fraction of sp³-hybridized carbons (Fsp3) is 0.375. The zero-order chi connectivity index (χ0) is 20.1. The second kappa shape index (κ2) is 9.14. The summed E-state index contributed by atoms with van der Waals surface area (Å²) < 4.78 is 5.35. The predicted molar refractivity (Wildman–Crippen MR) is 117 cm³/mol. The maximum atomic E-state index is 12.5. The summed E-state index contributed by atoms with van der Waals surface area (Å²) in [4.78, 5) is 15.8. The van der Waals surface area contributed by atoms with Crippen LogP contribution in [0.1, 0.15) is 40.9 Å². The summed E-state index contributed by atoms with van der Waals surface area (Å²) in [5, 5.41) is 7.78. The molecule has 3 N–H and O–H groups in total. The average Bonchev–Trinajstić information content (AvgIpc) is 3.12. The van der Waals surface area contributed by atoms with Crippen LogP contribution in [0.4, 0.5) is 0 Å². The average molecular weight is 392 g/mol. The monoisotopic (exact) mass is 391 g/mol. The molecule has 2 heterocycles. The number of carbonyl (C=O) groups is 1. The molecule has 0 saturated carbocycles. The van der Waals surface area contributed by atoms with E-state index in [4.69, 9.17) is 4.74 Å². The molecule has 29 heavy (non-hydrogen) atoms. The van der Waals surface area contributed by atoms with Crippen LogP contribution >= 0.6 is 0 Å². The van der Waals surface area contributed by atoms with Crippen LogP contribution in [-0.4, -0.2) is 37.1 Å². The van der Waals surface area contributed by atoms with Gasteiger partial charge in [0, 0.05) is 16.9 Å². The number of H-pyrrole nitrogens is 1. The summed E-state index contributed by atoms with van der Waals surface area (Å²) in [6, 6.07) is 16.7. The van der Waals surface area contributed by atoms with E-state index in [2.05, 4.69) is 45.9 Å². The van der Waals surface area contributed by atoms with Crippen molar-refractivity contribution < 1.29 is 9.53 Å². The number of aryl methyl sites for hydroxylation is 1. The molecular formula is C24H29N3O2. The second-order valence-corrected chi connectivity index (χ2v) is 7.75. The van der Waals surface area contributed by atoms with Gasteiger partial charge in [0.15, 0.2) is 0 Å². The van der Waals surface area contributed by atoms with Crippen molar-refractivity contribution in [3.8, 4) is 5.75 Å². The first-order valence-electron chi connectivity index (χ1n) is 10.5. The number of rotatable bonds is 9. The van der Waals surface area contributed by atoms with Gasteiger partial charge in [-0.2, -0.15) is 0 Å². The first kappa shape index (κ1) is 19.5. The van der Waals surface area contributed by atoms with Crippen molar-refractivity contribution in [3.05, 3.63) is 65.4 Å². The first-order chi connectivity index (χ1) is 14.2. The minimum atomic E-state index is 0.00207. The van der Waals surface area contributed by atoms with E-state index in [0.717, 1.165) is 67.4 Å². The molecule has 1 aliphatic rings. The highest BCUT2D eigenvalue weighted by Gasteiger charge is 2.27. The molecule has 1 unspecified atom stereocenters. The number of benzene rings is 2. The fourth-order valence-corrected chi connectivity index (χ4v) is 4.15. The molecule has 5 nitrogen and oxygen atoms in total. The molecule has 1 atom stereocenters. The number of nitrogens with one attached hydrogen (secondary N) is 3. The molecule has 1 aliphatic heterocycles. The van der Waals surface area contributed by atoms with Gasteiger partial charge in [0.1, 0.15) is 11.4 Å². The lowest BCUT2D eigenvalue weighted by Crippen LogP contribution is -2.41. The number of hydrogen-bond acceptors (Lipinski definition) is 3. The number of aromatic amines is 1. The van der Waals surface area contributed by atoms with Crippen LogP contribution in [0.3, 0.4) is 0 Å². The summed E-state index contributed by atoms with van der Waals surface area (Å²) in [7, 11) is 1.67. The number of carbonyl (C=O) groups excluding carboxylic acids is 1. The maximum Gasteiger partial charge on any atom is 0.268 e. The van der Waals surface area contributed by atoms with Crippen LogP contribution in [0.25, 0.3) is 10.9 Å².